The molecule has 0 saturated carbocycles. The number of H-pyrrole nitrogens is 1. The minimum Gasteiger partial charge on any atom is -0.379 e. The molecule has 0 aliphatic heterocycles. The molecule has 148 valence electrons. The molecule has 1 heterocycles. The van der Waals surface area contributed by atoms with Crippen molar-refractivity contribution in [3.05, 3.63) is 70.4 Å². The second kappa shape index (κ2) is 9.53. The largest absolute Gasteiger partial charge is 0.379 e. The lowest BCUT2D eigenvalue weighted by molar-refractivity contribution is 0.0453. The molecule has 0 unspecified atom stereocenters. The van der Waals surface area contributed by atoms with E-state index in [1.54, 1.807) is 0 Å². The molecule has 5 nitrogen and oxygen atoms in total. The highest BCUT2D eigenvalue weighted by atomic mass is 16.5. The standard InChI is InChI=1S/C23H28N2O3/c1-4-27-10-11-28-15-19-7-5-6-18(12-19)14-24-23(26)22-13-20-17(3)16(2)8-9-21(20)25-22/h5-9,12-13,25H,4,10-11,14-15H2,1-3H3,(H,24,26). The summed E-state index contributed by atoms with van der Waals surface area (Å²) in [5.74, 6) is -0.105. The van der Waals surface area contributed by atoms with Gasteiger partial charge in [-0.2, -0.15) is 0 Å². The Morgan fingerprint density at radius 3 is 2.64 bits per heavy atom. The van der Waals surface area contributed by atoms with E-state index in [0.717, 1.165) is 22.0 Å². The molecule has 0 aliphatic carbocycles. The van der Waals surface area contributed by atoms with E-state index < -0.39 is 0 Å². The molecule has 0 radical (unpaired) electrons. The van der Waals surface area contributed by atoms with E-state index >= 15 is 0 Å². The highest BCUT2D eigenvalue weighted by molar-refractivity contribution is 5.99. The van der Waals surface area contributed by atoms with Crippen LogP contribution in [0.15, 0.2) is 42.5 Å². The predicted molar refractivity (Wildman–Crippen MR) is 112 cm³/mol. The fourth-order valence-corrected chi connectivity index (χ4v) is 3.14. The molecule has 2 N–H and O–H groups in total. The third-order valence-electron chi connectivity index (χ3n) is 4.88. The monoisotopic (exact) mass is 380 g/mol. The molecule has 3 rings (SSSR count). The average Bonchev–Trinajstić information content (AvgIpc) is 3.14. The van der Waals surface area contributed by atoms with Crippen LogP contribution in [0.1, 0.15) is 39.7 Å². The van der Waals surface area contributed by atoms with Crippen LogP contribution in [0.4, 0.5) is 0 Å². The molecular formula is C23H28N2O3. The topological polar surface area (TPSA) is 63.4 Å². The Morgan fingerprint density at radius 1 is 1.04 bits per heavy atom. The van der Waals surface area contributed by atoms with Gasteiger partial charge >= 0.3 is 0 Å². The first-order valence-corrected chi connectivity index (χ1v) is 9.69. The summed E-state index contributed by atoms with van der Waals surface area (Å²) in [7, 11) is 0. The van der Waals surface area contributed by atoms with Crippen LogP contribution in [0, 0.1) is 13.8 Å². The van der Waals surface area contributed by atoms with Crippen LogP contribution in [-0.4, -0.2) is 30.7 Å². The summed E-state index contributed by atoms with van der Waals surface area (Å²) in [5, 5.41) is 4.08. The van der Waals surface area contributed by atoms with Crippen LogP contribution in [-0.2, 0) is 22.6 Å². The number of carbonyl (C=O) groups is 1. The van der Waals surface area contributed by atoms with Gasteiger partial charge in [0.1, 0.15) is 5.69 Å². The average molecular weight is 380 g/mol. The fourth-order valence-electron chi connectivity index (χ4n) is 3.14. The first kappa shape index (κ1) is 20.1. The van der Waals surface area contributed by atoms with Crippen LogP contribution in [0.25, 0.3) is 10.9 Å². The SMILES string of the molecule is CCOCCOCc1cccc(CNC(=O)c2cc3c(C)c(C)ccc3[nH]2)c1. The van der Waals surface area contributed by atoms with Crippen LogP contribution < -0.4 is 5.32 Å². The smallest absolute Gasteiger partial charge is 0.267 e. The Bertz CT molecular complexity index is 946. The normalized spacial score (nSPS) is 11.1. The van der Waals surface area contributed by atoms with Gasteiger partial charge in [0.15, 0.2) is 0 Å². The lowest BCUT2D eigenvalue weighted by Gasteiger charge is -2.08. The minimum atomic E-state index is -0.105. The maximum atomic E-state index is 12.6. The number of aryl methyl sites for hydroxylation is 2. The van der Waals surface area contributed by atoms with Crippen molar-refractivity contribution >= 4 is 16.8 Å². The number of fused-ring (bicyclic) bond motifs is 1. The zero-order valence-corrected chi connectivity index (χ0v) is 16.8. The highest BCUT2D eigenvalue weighted by Gasteiger charge is 2.11. The second-order valence-corrected chi connectivity index (χ2v) is 6.90. The summed E-state index contributed by atoms with van der Waals surface area (Å²) in [6, 6.07) is 14.1. The maximum absolute atomic E-state index is 12.6. The van der Waals surface area contributed by atoms with Gasteiger partial charge in [0.05, 0.1) is 19.8 Å². The van der Waals surface area contributed by atoms with Crippen molar-refractivity contribution in [1.82, 2.24) is 10.3 Å². The van der Waals surface area contributed by atoms with Gasteiger partial charge in [-0.1, -0.05) is 30.3 Å². The molecule has 0 atom stereocenters. The predicted octanol–water partition coefficient (Wildman–Crippen LogP) is 4.27. The summed E-state index contributed by atoms with van der Waals surface area (Å²) in [4.78, 5) is 15.8. The van der Waals surface area contributed by atoms with Crippen molar-refractivity contribution in [2.75, 3.05) is 19.8 Å². The molecule has 2 aromatic carbocycles. The van der Waals surface area contributed by atoms with Crippen LogP contribution in [0.3, 0.4) is 0 Å². The summed E-state index contributed by atoms with van der Waals surface area (Å²) < 4.78 is 10.9. The van der Waals surface area contributed by atoms with E-state index in [4.69, 9.17) is 9.47 Å². The second-order valence-electron chi connectivity index (χ2n) is 6.90. The number of aromatic nitrogens is 1. The number of benzene rings is 2. The lowest BCUT2D eigenvalue weighted by Crippen LogP contribution is -2.23. The van der Waals surface area contributed by atoms with E-state index in [1.807, 2.05) is 37.3 Å². The van der Waals surface area contributed by atoms with E-state index in [1.165, 1.54) is 11.1 Å². The van der Waals surface area contributed by atoms with Crippen LogP contribution in [0.2, 0.25) is 0 Å². The third-order valence-corrected chi connectivity index (χ3v) is 4.88. The molecule has 0 bridgehead atoms. The molecule has 1 amide bonds. The van der Waals surface area contributed by atoms with Gasteiger partial charge in [-0.05, 0) is 55.2 Å². The van der Waals surface area contributed by atoms with Crippen molar-refractivity contribution in [2.24, 2.45) is 0 Å². The van der Waals surface area contributed by atoms with E-state index in [-0.39, 0.29) is 5.91 Å². The third kappa shape index (κ3) is 5.00. The molecule has 0 saturated heterocycles. The first-order valence-electron chi connectivity index (χ1n) is 9.69. The molecule has 5 heteroatoms. The van der Waals surface area contributed by atoms with Gasteiger partial charge < -0.3 is 19.8 Å². The Labute approximate surface area is 166 Å². The van der Waals surface area contributed by atoms with E-state index in [0.29, 0.717) is 38.7 Å². The van der Waals surface area contributed by atoms with Gasteiger partial charge in [0.25, 0.3) is 5.91 Å². The number of ether oxygens (including phenoxy) is 2. The Morgan fingerprint density at radius 2 is 1.82 bits per heavy atom. The number of rotatable bonds is 9. The maximum Gasteiger partial charge on any atom is 0.267 e. The number of hydrogen-bond donors (Lipinski definition) is 2. The first-order chi connectivity index (χ1) is 13.6. The zero-order chi connectivity index (χ0) is 19.9. The Kier molecular flexibility index (Phi) is 6.85. The van der Waals surface area contributed by atoms with E-state index in [9.17, 15) is 4.79 Å². The summed E-state index contributed by atoms with van der Waals surface area (Å²) >= 11 is 0. The minimum absolute atomic E-state index is 0.105. The van der Waals surface area contributed by atoms with E-state index in [2.05, 4.69) is 36.3 Å². The summed E-state index contributed by atoms with van der Waals surface area (Å²) in [6.45, 7) is 9.02. The number of nitrogens with one attached hydrogen (secondary N) is 2. The van der Waals surface area contributed by atoms with Crippen molar-refractivity contribution in [2.45, 2.75) is 33.9 Å². The molecule has 1 aromatic heterocycles. The van der Waals surface area contributed by atoms with Gasteiger partial charge in [0.2, 0.25) is 0 Å². The number of hydrogen-bond acceptors (Lipinski definition) is 3. The Hall–Kier alpha value is -2.63. The zero-order valence-electron chi connectivity index (χ0n) is 16.8. The summed E-state index contributed by atoms with van der Waals surface area (Å²) in [6.07, 6.45) is 0. The van der Waals surface area contributed by atoms with Crippen molar-refractivity contribution < 1.29 is 14.3 Å². The molecule has 0 fully saturated rings. The van der Waals surface area contributed by atoms with Crippen molar-refractivity contribution in [1.29, 1.82) is 0 Å². The lowest BCUT2D eigenvalue weighted by atomic mass is 10.1. The highest BCUT2D eigenvalue weighted by Crippen LogP contribution is 2.22. The number of aromatic amines is 1. The number of amides is 1. The Balaban J connectivity index is 1.57. The summed E-state index contributed by atoms with van der Waals surface area (Å²) in [5.41, 5.74) is 6.12. The molecule has 3 aromatic rings. The van der Waals surface area contributed by atoms with Gasteiger partial charge in [-0.25, -0.2) is 0 Å². The number of carbonyl (C=O) groups excluding carboxylic acids is 1. The molecular weight excluding hydrogens is 352 g/mol. The van der Waals surface area contributed by atoms with Gasteiger partial charge in [-0.15, -0.1) is 0 Å². The fraction of sp³-hybridized carbons (Fsp3) is 0.348. The molecule has 28 heavy (non-hydrogen) atoms. The van der Waals surface area contributed by atoms with Crippen LogP contribution in [0.5, 0.6) is 0 Å². The van der Waals surface area contributed by atoms with Gasteiger partial charge in [-0.3, -0.25) is 4.79 Å². The van der Waals surface area contributed by atoms with Crippen molar-refractivity contribution in [3.8, 4) is 0 Å². The van der Waals surface area contributed by atoms with Gasteiger partial charge in [0, 0.05) is 24.1 Å². The molecule has 0 aliphatic rings. The van der Waals surface area contributed by atoms with Crippen LogP contribution >= 0.6 is 0 Å². The molecule has 0 spiro atoms. The van der Waals surface area contributed by atoms with Crippen molar-refractivity contribution in [3.63, 3.8) is 0 Å². The quantitative estimate of drug-likeness (QED) is 0.545.